The summed E-state index contributed by atoms with van der Waals surface area (Å²) in [6, 6.07) is 3.03. The summed E-state index contributed by atoms with van der Waals surface area (Å²) in [7, 11) is 0. The van der Waals surface area contributed by atoms with Crippen molar-refractivity contribution in [3.8, 4) is 0 Å². The van der Waals surface area contributed by atoms with E-state index < -0.39 is 29.4 Å². The molecule has 23 heavy (non-hydrogen) atoms. The minimum Gasteiger partial charge on any atom is -0.476 e. The van der Waals surface area contributed by atoms with Gasteiger partial charge in [0.25, 0.3) is 0 Å². The molecule has 1 aromatic carbocycles. The molecule has 1 aromatic heterocycles. The lowest BCUT2D eigenvalue weighted by molar-refractivity contribution is -0.137. The van der Waals surface area contributed by atoms with Crippen LogP contribution in [0.2, 0.25) is 0 Å². The van der Waals surface area contributed by atoms with Crippen LogP contribution in [0.5, 0.6) is 0 Å². The van der Waals surface area contributed by atoms with Gasteiger partial charge < -0.3 is 10.4 Å². The largest absolute Gasteiger partial charge is 0.476 e. The van der Waals surface area contributed by atoms with Crippen molar-refractivity contribution in [2.45, 2.75) is 6.18 Å². The number of carboxylic acid groups (broad SMARTS) is 1. The molecular formula is C13H9F3N4O3. The van der Waals surface area contributed by atoms with E-state index >= 15 is 0 Å². The van der Waals surface area contributed by atoms with Gasteiger partial charge in [-0.2, -0.15) is 13.2 Å². The Bertz CT molecular complexity index is 749. The lowest BCUT2D eigenvalue weighted by atomic mass is 10.2. The molecule has 1 heterocycles. The zero-order chi connectivity index (χ0) is 17.0. The lowest BCUT2D eigenvalue weighted by Gasteiger charge is -2.11. The molecule has 0 atom stereocenters. The number of alkyl halides is 3. The molecule has 0 spiro atoms. The number of amides is 2. The molecule has 3 N–H and O–H groups in total. The minimum absolute atomic E-state index is 0.113. The first-order valence-corrected chi connectivity index (χ1v) is 6.07. The molecule has 7 nitrogen and oxygen atoms in total. The Morgan fingerprint density at radius 3 is 2.43 bits per heavy atom. The Morgan fingerprint density at radius 1 is 1.09 bits per heavy atom. The number of urea groups is 1. The predicted molar refractivity (Wildman–Crippen MR) is 73.1 cm³/mol. The highest BCUT2D eigenvalue weighted by molar-refractivity contribution is 6.02. The van der Waals surface area contributed by atoms with Crippen LogP contribution in [0.15, 0.2) is 36.7 Å². The van der Waals surface area contributed by atoms with Crippen LogP contribution in [0.1, 0.15) is 16.1 Å². The Balaban J connectivity index is 2.13. The summed E-state index contributed by atoms with van der Waals surface area (Å²) in [5.41, 5.74) is -1.54. The SMILES string of the molecule is O=C(Nc1cccc(C(F)(F)F)c1)Nc1nccnc1C(=O)O. The number of anilines is 2. The first-order chi connectivity index (χ1) is 10.8. The fourth-order valence-corrected chi connectivity index (χ4v) is 1.63. The highest BCUT2D eigenvalue weighted by atomic mass is 19.4. The van der Waals surface area contributed by atoms with Crippen LogP contribution in [-0.2, 0) is 6.18 Å². The molecule has 0 radical (unpaired) electrons. The number of carboxylic acids is 1. The maximum absolute atomic E-state index is 12.6. The lowest BCUT2D eigenvalue weighted by Crippen LogP contribution is -2.22. The van der Waals surface area contributed by atoms with Crippen molar-refractivity contribution < 1.29 is 27.9 Å². The quantitative estimate of drug-likeness (QED) is 0.804. The molecule has 0 saturated carbocycles. The number of aromatic nitrogens is 2. The first kappa shape index (κ1) is 16.2. The van der Waals surface area contributed by atoms with Gasteiger partial charge in [0.05, 0.1) is 5.56 Å². The molecule has 0 aliphatic carbocycles. The second-order valence-corrected chi connectivity index (χ2v) is 4.22. The number of hydrogen-bond acceptors (Lipinski definition) is 4. The van der Waals surface area contributed by atoms with Crippen LogP contribution in [0.4, 0.5) is 29.5 Å². The number of halogens is 3. The Morgan fingerprint density at radius 2 is 1.78 bits per heavy atom. The monoisotopic (exact) mass is 326 g/mol. The Labute approximate surface area is 127 Å². The van der Waals surface area contributed by atoms with Crippen molar-refractivity contribution in [2.24, 2.45) is 0 Å². The van der Waals surface area contributed by atoms with Gasteiger partial charge in [-0.3, -0.25) is 5.32 Å². The molecule has 10 heteroatoms. The summed E-state index contributed by atoms with van der Waals surface area (Å²) in [4.78, 5) is 29.8. The second-order valence-electron chi connectivity index (χ2n) is 4.22. The minimum atomic E-state index is -4.55. The van der Waals surface area contributed by atoms with Gasteiger partial charge in [0, 0.05) is 18.1 Å². The van der Waals surface area contributed by atoms with Crippen molar-refractivity contribution in [2.75, 3.05) is 10.6 Å². The second kappa shape index (κ2) is 6.30. The molecule has 2 aromatic rings. The first-order valence-electron chi connectivity index (χ1n) is 6.07. The van der Waals surface area contributed by atoms with Crippen molar-refractivity contribution in [3.63, 3.8) is 0 Å². The third-order valence-corrected chi connectivity index (χ3v) is 2.58. The molecule has 0 aliphatic heterocycles. The Hall–Kier alpha value is -3.17. The van der Waals surface area contributed by atoms with Gasteiger partial charge in [-0.05, 0) is 18.2 Å². The Kier molecular flexibility index (Phi) is 4.44. The fraction of sp³-hybridized carbons (Fsp3) is 0.0769. The van der Waals surface area contributed by atoms with Gasteiger partial charge in [-0.15, -0.1) is 0 Å². The van der Waals surface area contributed by atoms with E-state index in [9.17, 15) is 22.8 Å². The van der Waals surface area contributed by atoms with Crippen LogP contribution in [0.3, 0.4) is 0 Å². The van der Waals surface area contributed by atoms with E-state index in [1.54, 1.807) is 0 Å². The average Bonchev–Trinajstić information content (AvgIpc) is 2.46. The number of nitrogens with one attached hydrogen (secondary N) is 2. The smallest absolute Gasteiger partial charge is 0.416 e. The standard InChI is InChI=1S/C13H9F3N4O3/c14-13(15,16)7-2-1-3-8(6-7)19-12(23)20-10-9(11(21)22)17-4-5-18-10/h1-6H,(H,21,22)(H2,18,19,20,23). The molecular weight excluding hydrogens is 317 g/mol. The van der Waals surface area contributed by atoms with Crippen LogP contribution in [-0.4, -0.2) is 27.1 Å². The molecule has 0 unspecified atom stereocenters. The number of carbonyl (C=O) groups excluding carboxylic acids is 1. The maximum Gasteiger partial charge on any atom is 0.416 e. The molecule has 0 aliphatic rings. The number of nitrogens with zero attached hydrogens (tertiary/aromatic N) is 2. The number of hydrogen-bond donors (Lipinski definition) is 3. The normalized spacial score (nSPS) is 10.9. The van der Waals surface area contributed by atoms with Gasteiger partial charge in [0.2, 0.25) is 0 Å². The fourth-order valence-electron chi connectivity index (χ4n) is 1.63. The van der Waals surface area contributed by atoms with E-state index in [0.717, 1.165) is 30.6 Å². The van der Waals surface area contributed by atoms with Crippen LogP contribution >= 0.6 is 0 Å². The highest BCUT2D eigenvalue weighted by Gasteiger charge is 2.30. The van der Waals surface area contributed by atoms with E-state index in [2.05, 4.69) is 20.6 Å². The zero-order valence-corrected chi connectivity index (χ0v) is 11.3. The van der Waals surface area contributed by atoms with Gasteiger partial charge >= 0.3 is 18.2 Å². The van der Waals surface area contributed by atoms with E-state index in [1.807, 2.05) is 0 Å². The van der Waals surface area contributed by atoms with Crippen molar-refractivity contribution >= 4 is 23.5 Å². The summed E-state index contributed by atoms with van der Waals surface area (Å²) in [6.45, 7) is 0. The number of benzene rings is 1. The highest BCUT2D eigenvalue weighted by Crippen LogP contribution is 2.30. The summed E-state index contributed by atoms with van der Waals surface area (Å²) in [5, 5.41) is 13.2. The van der Waals surface area contributed by atoms with E-state index in [0.29, 0.717) is 0 Å². The number of aromatic carboxylic acids is 1. The average molecular weight is 326 g/mol. The van der Waals surface area contributed by atoms with Crippen LogP contribution in [0, 0.1) is 0 Å². The number of rotatable bonds is 3. The van der Waals surface area contributed by atoms with Crippen LogP contribution < -0.4 is 10.6 Å². The molecule has 120 valence electrons. The number of carbonyl (C=O) groups is 2. The summed E-state index contributed by atoms with van der Waals surface area (Å²) in [5.74, 6) is -1.74. The van der Waals surface area contributed by atoms with Gasteiger partial charge in [-0.25, -0.2) is 19.6 Å². The topological polar surface area (TPSA) is 104 Å². The third kappa shape index (κ3) is 4.15. The molecule has 0 fully saturated rings. The van der Waals surface area contributed by atoms with Crippen molar-refractivity contribution in [1.82, 2.24) is 9.97 Å². The molecule has 0 saturated heterocycles. The van der Waals surface area contributed by atoms with Gasteiger partial charge in [0.1, 0.15) is 0 Å². The van der Waals surface area contributed by atoms with E-state index in [-0.39, 0.29) is 11.5 Å². The van der Waals surface area contributed by atoms with E-state index in [4.69, 9.17) is 5.11 Å². The van der Waals surface area contributed by atoms with Gasteiger partial charge in [0.15, 0.2) is 11.5 Å². The summed E-state index contributed by atoms with van der Waals surface area (Å²) < 4.78 is 37.7. The van der Waals surface area contributed by atoms with E-state index in [1.165, 1.54) is 6.07 Å². The summed E-state index contributed by atoms with van der Waals surface area (Å²) in [6.07, 6.45) is -2.26. The van der Waals surface area contributed by atoms with Crippen molar-refractivity contribution in [3.05, 3.63) is 47.9 Å². The zero-order valence-electron chi connectivity index (χ0n) is 11.3. The van der Waals surface area contributed by atoms with Crippen LogP contribution in [0.25, 0.3) is 0 Å². The predicted octanol–water partition coefficient (Wildman–Crippen LogP) is 2.84. The van der Waals surface area contributed by atoms with Crippen molar-refractivity contribution in [1.29, 1.82) is 0 Å². The summed E-state index contributed by atoms with van der Waals surface area (Å²) >= 11 is 0. The van der Waals surface area contributed by atoms with Gasteiger partial charge in [-0.1, -0.05) is 6.07 Å². The molecule has 0 bridgehead atoms. The molecule has 2 amide bonds. The molecule has 2 rings (SSSR count). The third-order valence-electron chi connectivity index (χ3n) is 2.58. The maximum atomic E-state index is 12.6.